The quantitative estimate of drug-likeness (QED) is 0.821. The molecular formula is C19H24N2O3S. The molecule has 1 aromatic carbocycles. The zero-order valence-corrected chi connectivity index (χ0v) is 15.5. The summed E-state index contributed by atoms with van der Waals surface area (Å²) in [6.45, 7) is 1.70. The van der Waals surface area contributed by atoms with Crippen LogP contribution in [0.5, 0.6) is 0 Å². The predicted octanol–water partition coefficient (Wildman–Crippen LogP) is 2.77. The summed E-state index contributed by atoms with van der Waals surface area (Å²) < 4.78 is 28.7. The van der Waals surface area contributed by atoms with Crippen LogP contribution >= 0.6 is 0 Å². The van der Waals surface area contributed by atoms with Crippen LogP contribution in [0, 0.1) is 0 Å². The minimum atomic E-state index is -3.03. The topological polar surface area (TPSA) is 59.5 Å². The standard InChI is InChI=1S/C19H24N2O3S/c1-24-19(17-6-4-3-5-7-17)10-12-21(13-11-19)18-9-8-16(14-20-18)15-25(2,22)23/h3-9,14H,10-13,15H2,1-2H3. The number of rotatable bonds is 5. The maximum atomic E-state index is 11.4. The first kappa shape index (κ1) is 17.9. The van der Waals surface area contributed by atoms with E-state index in [1.807, 2.05) is 30.3 Å². The van der Waals surface area contributed by atoms with E-state index in [1.54, 1.807) is 13.3 Å². The second-order valence-electron chi connectivity index (χ2n) is 6.65. The van der Waals surface area contributed by atoms with E-state index in [9.17, 15) is 8.42 Å². The molecule has 0 amide bonds. The molecule has 6 heteroatoms. The van der Waals surface area contributed by atoms with Crippen molar-refractivity contribution in [2.45, 2.75) is 24.2 Å². The summed E-state index contributed by atoms with van der Waals surface area (Å²) in [6.07, 6.45) is 4.67. The van der Waals surface area contributed by atoms with Crippen molar-refractivity contribution in [1.82, 2.24) is 4.98 Å². The predicted molar refractivity (Wildman–Crippen MR) is 99.4 cm³/mol. The molecule has 0 saturated carbocycles. The van der Waals surface area contributed by atoms with Crippen molar-refractivity contribution in [2.24, 2.45) is 0 Å². The van der Waals surface area contributed by atoms with Crippen LogP contribution in [0.1, 0.15) is 24.0 Å². The monoisotopic (exact) mass is 360 g/mol. The third-order valence-electron chi connectivity index (χ3n) is 4.82. The van der Waals surface area contributed by atoms with E-state index in [2.05, 4.69) is 22.0 Å². The van der Waals surface area contributed by atoms with Crippen molar-refractivity contribution in [3.63, 3.8) is 0 Å². The highest BCUT2D eigenvalue weighted by Gasteiger charge is 2.36. The van der Waals surface area contributed by atoms with Crippen molar-refractivity contribution in [3.8, 4) is 0 Å². The van der Waals surface area contributed by atoms with Crippen LogP contribution in [0.3, 0.4) is 0 Å². The largest absolute Gasteiger partial charge is 0.373 e. The van der Waals surface area contributed by atoms with Crippen LogP contribution in [-0.4, -0.2) is 39.9 Å². The second kappa shape index (κ2) is 7.14. The van der Waals surface area contributed by atoms with E-state index >= 15 is 0 Å². The normalized spacial score (nSPS) is 17.4. The maximum Gasteiger partial charge on any atom is 0.151 e. The molecule has 0 bridgehead atoms. The van der Waals surface area contributed by atoms with Gasteiger partial charge in [-0.2, -0.15) is 0 Å². The highest BCUT2D eigenvalue weighted by molar-refractivity contribution is 7.89. The summed E-state index contributed by atoms with van der Waals surface area (Å²) >= 11 is 0. The van der Waals surface area contributed by atoms with E-state index in [4.69, 9.17) is 4.74 Å². The number of hydrogen-bond donors (Lipinski definition) is 0. The Morgan fingerprint density at radius 1 is 1.12 bits per heavy atom. The summed E-state index contributed by atoms with van der Waals surface area (Å²) in [5.41, 5.74) is 1.70. The minimum Gasteiger partial charge on any atom is -0.373 e. The summed E-state index contributed by atoms with van der Waals surface area (Å²) in [5.74, 6) is 0.913. The number of hydrogen-bond acceptors (Lipinski definition) is 5. The van der Waals surface area contributed by atoms with Crippen LogP contribution < -0.4 is 4.90 Å². The summed E-state index contributed by atoms with van der Waals surface area (Å²) in [6, 6.07) is 14.1. The fourth-order valence-corrected chi connectivity index (χ4v) is 4.22. The lowest BCUT2D eigenvalue weighted by atomic mass is 9.84. The molecule has 0 unspecified atom stereocenters. The average Bonchev–Trinajstić information content (AvgIpc) is 2.62. The Morgan fingerprint density at radius 3 is 2.32 bits per heavy atom. The van der Waals surface area contributed by atoms with Crippen molar-refractivity contribution in [2.75, 3.05) is 31.4 Å². The molecule has 2 heterocycles. The Hall–Kier alpha value is -1.92. The first-order valence-corrected chi connectivity index (χ1v) is 10.5. The highest BCUT2D eigenvalue weighted by Crippen LogP contribution is 2.37. The Labute approximate surface area is 149 Å². The Bertz CT molecular complexity index is 796. The summed E-state index contributed by atoms with van der Waals surface area (Å²) in [4.78, 5) is 6.68. The number of sulfone groups is 1. The van der Waals surface area contributed by atoms with Gasteiger partial charge in [-0.15, -0.1) is 0 Å². The fraction of sp³-hybridized carbons (Fsp3) is 0.421. The number of nitrogens with zero attached hydrogens (tertiary/aromatic N) is 2. The smallest absolute Gasteiger partial charge is 0.151 e. The molecule has 1 saturated heterocycles. The Kier molecular flexibility index (Phi) is 5.11. The molecule has 1 aliphatic heterocycles. The molecule has 0 N–H and O–H groups in total. The lowest BCUT2D eigenvalue weighted by Gasteiger charge is -2.41. The van der Waals surface area contributed by atoms with Crippen LogP contribution in [0.2, 0.25) is 0 Å². The van der Waals surface area contributed by atoms with Gasteiger partial charge in [-0.05, 0) is 30.0 Å². The lowest BCUT2D eigenvalue weighted by Crippen LogP contribution is -2.44. The number of piperidine rings is 1. The average molecular weight is 360 g/mol. The molecule has 0 radical (unpaired) electrons. The lowest BCUT2D eigenvalue weighted by molar-refractivity contribution is -0.0347. The van der Waals surface area contributed by atoms with E-state index < -0.39 is 9.84 Å². The van der Waals surface area contributed by atoms with Gasteiger partial charge in [-0.1, -0.05) is 36.4 Å². The second-order valence-corrected chi connectivity index (χ2v) is 8.79. The zero-order chi connectivity index (χ0) is 17.9. The first-order chi connectivity index (χ1) is 11.9. The molecule has 1 aromatic heterocycles. The number of ether oxygens (including phenoxy) is 1. The SMILES string of the molecule is COC1(c2ccccc2)CCN(c2ccc(CS(C)(=O)=O)cn2)CC1. The molecule has 0 atom stereocenters. The van der Waals surface area contributed by atoms with Gasteiger partial charge in [0.15, 0.2) is 9.84 Å². The minimum absolute atomic E-state index is 0.0288. The van der Waals surface area contributed by atoms with E-state index in [0.717, 1.165) is 37.3 Å². The first-order valence-electron chi connectivity index (χ1n) is 8.40. The van der Waals surface area contributed by atoms with Gasteiger partial charge in [0.25, 0.3) is 0 Å². The van der Waals surface area contributed by atoms with Gasteiger partial charge in [-0.25, -0.2) is 13.4 Å². The van der Waals surface area contributed by atoms with Crippen molar-refractivity contribution < 1.29 is 13.2 Å². The molecular weight excluding hydrogens is 336 g/mol. The third kappa shape index (κ3) is 4.19. The molecule has 1 aliphatic rings. The van der Waals surface area contributed by atoms with Gasteiger partial charge < -0.3 is 9.64 Å². The molecule has 5 nitrogen and oxygen atoms in total. The van der Waals surface area contributed by atoms with E-state index in [-0.39, 0.29) is 11.4 Å². The van der Waals surface area contributed by atoms with Gasteiger partial charge in [0.05, 0.1) is 11.4 Å². The van der Waals surface area contributed by atoms with Crippen LogP contribution in [0.4, 0.5) is 5.82 Å². The van der Waals surface area contributed by atoms with Gasteiger partial charge in [0.1, 0.15) is 5.82 Å². The molecule has 2 aromatic rings. The van der Waals surface area contributed by atoms with Gasteiger partial charge in [0, 0.05) is 32.7 Å². The Balaban J connectivity index is 1.69. The van der Waals surface area contributed by atoms with Crippen molar-refractivity contribution in [3.05, 3.63) is 59.8 Å². The number of anilines is 1. The molecule has 25 heavy (non-hydrogen) atoms. The molecule has 0 spiro atoms. The zero-order valence-electron chi connectivity index (χ0n) is 14.7. The molecule has 1 fully saturated rings. The fourth-order valence-electron chi connectivity index (χ4n) is 3.44. The summed E-state index contributed by atoms with van der Waals surface area (Å²) in [5, 5.41) is 0. The van der Waals surface area contributed by atoms with Crippen molar-refractivity contribution >= 4 is 15.7 Å². The molecule has 134 valence electrons. The number of aromatic nitrogens is 1. The van der Waals surface area contributed by atoms with Gasteiger partial charge in [0.2, 0.25) is 0 Å². The van der Waals surface area contributed by atoms with Gasteiger partial charge in [-0.3, -0.25) is 0 Å². The van der Waals surface area contributed by atoms with Crippen LogP contribution in [-0.2, 0) is 25.9 Å². The van der Waals surface area contributed by atoms with E-state index in [0.29, 0.717) is 0 Å². The van der Waals surface area contributed by atoms with Gasteiger partial charge >= 0.3 is 0 Å². The molecule has 0 aliphatic carbocycles. The maximum absolute atomic E-state index is 11.4. The summed E-state index contributed by atoms with van der Waals surface area (Å²) in [7, 11) is -1.26. The van der Waals surface area contributed by atoms with Crippen LogP contribution in [0.15, 0.2) is 48.7 Å². The van der Waals surface area contributed by atoms with E-state index in [1.165, 1.54) is 11.8 Å². The number of benzene rings is 1. The third-order valence-corrected chi connectivity index (χ3v) is 5.68. The Morgan fingerprint density at radius 2 is 1.80 bits per heavy atom. The van der Waals surface area contributed by atoms with Crippen molar-refractivity contribution in [1.29, 1.82) is 0 Å². The highest BCUT2D eigenvalue weighted by atomic mass is 32.2. The van der Waals surface area contributed by atoms with Crippen LogP contribution in [0.25, 0.3) is 0 Å². The molecule has 3 rings (SSSR count). The number of pyridine rings is 1. The number of methoxy groups -OCH3 is 1.